The summed E-state index contributed by atoms with van der Waals surface area (Å²) in [6.45, 7) is 2.10. The predicted octanol–water partition coefficient (Wildman–Crippen LogP) is 2.34. The van der Waals surface area contributed by atoms with E-state index in [2.05, 4.69) is 0 Å². The van der Waals surface area contributed by atoms with Crippen LogP contribution in [0.25, 0.3) is 0 Å². The third kappa shape index (κ3) is 2.87. The Morgan fingerprint density at radius 1 is 1.50 bits per heavy atom. The van der Waals surface area contributed by atoms with Gasteiger partial charge in [-0.05, 0) is 24.6 Å². The second-order valence-electron chi connectivity index (χ2n) is 3.03. The number of hydrogen-bond acceptors (Lipinski definition) is 3. The zero-order chi connectivity index (χ0) is 10.6. The second-order valence-corrected chi connectivity index (χ2v) is 3.44. The van der Waals surface area contributed by atoms with E-state index in [0.717, 1.165) is 5.56 Å². The summed E-state index contributed by atoms with van der Waals surface area (Å²) in [6, 6.07) is 5.46. The summed E-state index contributed by atoms with van der Waals surface area (Å²) in [5, 5.41) is 0.553. The van der Waals surface area contributed by atoms with Crippen LogP contribution in [-0.2, 0) is 4.74 Å². The Morgan fingerprint density at radius 3 is 2.71 bits per heavy atom. The molecule has 4 heteroatoms. The van der Waals surface area contributed by atoms with E-state index in [0.29, 0.717) is 10.8 Å². The zero-order valence-electron chi connectivity index (χ0n) is 8.29. The van der Waals surface area contributed by atoms with Crippen LogP contribution in [0.2, 0.25) is 5.02 Å². The van der Waals surface area contributed by atoms with E-state index >= 15 is 0 Å². The number of rotatable bonds is 4. The summed E-state index contributed by atoms with van der Waals surface area (Å²) in [7, 11) is 1.56. The summed E-state index contributed by atoms with van der Waals surface area (Å²) in [6.07, 6.45) is 0. The van der Waals surface area contributed by atoms with E-state index in [1.54, 1.807) is 19.2 Å². The molecule has 14 heavy (non-hydrogen) atoms. The third-order valence-electron chi connectivity index (χ3n) is 1.81. The number of hydrogen-bond donors (Lipinski definition) is 1. The van der Waals surface area contributed by atoms with Crippen molar-refractivity contribution in [1.82, 2.24) is 0 Å². The van der Waals surface area contributed by atoms with Crippen molar-refractivity contribution in [2.45, 2.75) is 13.0 Å². The van der Waals surface area contributed by atoms with Gasteiger partial charge >= 0.3 is 0 Å². The molecule has 0 heterocycles. The molecule has 2 N–H and O–H groups in total. The van der Waals surface area contributed by atoms with Crippen LogP contribution in [0.15, 0.2) is 18.2 Å². The summed E-state index contributed by atoms with van der Waals surface area (Å²) in [5.74, 6) is 0.609. The normalized spacial score (nSPS) is 12.6. The van der Waals surface area contributed by atoms with Crippen LogP contribution in [0.4, 0.5) is 0 Å². The highest BCUT2D eigenvalue weighted by molar-refractivity contribution is 6.32. The van der Waals surface area contributed by atoms with Gasteiger partial charge in [-0.1, -0.05) is 17.7 Å². The Morgan fingerprint density at radius 2 is 2.21 bits per heavy atom. The van der Waals surface area contributed by atoms with E-state index in [1.807, 2.05) is 13.0 Å². The van der Waals surface area contributed by atoms with Crippen LogP contribution in [0.5, 0.6) is 5.75 Å². The van der Waals surface area contributed by atoms with Crippen molar-refractivity contribution in [2.75, 3.05) is 13.9 Å². The lowest BCUT2D eigenvalue weighted by molar-refractivity contribution is 0.0512. The minimum absolute atomic E-state index is 0.0241. The molecule has 0 fully saturated rings. The minimum atomic E-state index is -0.0241. The molecule has 1 rings (SSSR count). The van der Waals surface area contributed by atoms with Gasteiger partial charge in [-0.3, -0.25) is 0 Å². The molecule has 0 saturated carbocycles. The van der Waals surface area contributed by atoms with Crippen molar-refractivity contribution in [3.63, 3.8) is 0 Å². The first-order chi connectivity index (χ1) is 6.65. The first kappa shape index (κ1) is 11.3. The predicted molar refractivity (Wildman–Crippen MR) is 56.6 cm³/mol. The van der Waals surface area contributed by atoms with Crippen molar-refractivity contribution in [3.8, 4) is 5.75 Å². The van der Waals surface area contributed by atoms with Crippen LogP contribution in [0.1, 0.15) is 18.5 Å². The average Bonchev–Trinajstić information content (AvgIpc) is 2.15. The molecule has 0 aromatic heterocycles. The van der Waals surface area contributed by atoms with Crippen molar-refractivity contribution >= 4 is 11.6 Å². The Hall–Kier alpha value is -0.770. The fourth-order valence-corrected chi connectivity index (χ4v) is 1.28. The van der Waals surface area contributed by atoms with Gasteiger partial charge in [-0.25, -0.2) is 0 Å². The van der Waals surface area contributed by atoms with Gasteiger partial charge in [0.25, 0.3) is 0 Å². The SMILES string of the molecule is COCOc1ccc(C(C)N)cc1Cl. The van der Waals surface area contributed by atoms with Gasteiger partial charge in [-0.15, -0.1) is 0 Å². The molecule has 78 valence electrons. The number of ether oxygens (including phenoxy) is 2. The highest BCUT2D eigenvalue weighted by Crippen LogP contribution is 2.27. The Bertz CT molecular complexity index is 302. The van der Waals surface area contributed by atoms with Crippen LogP contribution in [-0.4, -0.2) is 13.9 Å². The lowest BCUT2D eigenvalue weighted by Gasteiger charge is -2.10. The smallest absolute Gasteiger partial charge is 0.188 e. The van der Waals surface area contributed by atoms with E-state index in [9.17, 15) is 0 Å². The van der Waals surface area contributed by atoms with Gasteiger partial charge < -0.3 is 15.2 Å². The molecule has 0 aliphatic rings. The lowest BCUT2D eigenvalue weighted by atomic mass is 10.1. The average molecular weight is 216 g/mol. The highest BCUT2D eigenvalue weighted by Gasteiger charge is 2.05. The van der Waals surface area contributed by atoms with Crippen LogP contribution >= 0.6 is 11.6 Å². The largest absolute Gasteiger partial charge is 0.466 e. The molecule has 0 saturated heterocycles. The number of methoxy groups -OCH3 is 1. The molecule has 0 spiro atoms. The zero-order valence-corrected chi connectivity index (χ0v) is 9.04. The van der Waals surface area contributed by atoms with Gasteiger partial charge in [-0.2, -0.15) is 0 Å². The number of halogens is 1. The quantitative estimate of drug-likeness (QED) is 0.785. The van der Waals surface area contributed by atoms with E-state index < -0.39 is 0 Å². The molecule has 0 amide bonds. The van der Waals surface area contributed by atoms with Crippen molar-refractivity contribution in [3.05, 3.63) is 28.8 Å². The second kappa shape index (κ2) is 5.20. The molecule has 0 aliphatic carbocycles. The van der Waals surface area contributed by atoms with Gasteiger partial charge in [0.1, 0.15) is 5.75 Å². The summed E-state index contributed by atoms with van der Waals surface area (Å²) in [4.78, 5) is 0. The summed E-state index contributed by atoms with van der Waals surface area (Å²) in [5.41, 5.74) is 6.69. The van der Waals surface area contributed by atoms with Crippen LogP contribution in [0.3, 0.4) is 0 Å². The fraction of sp³-hybridized carbons (Fsp3) is 0.400. The Kier molecular flexibility index (Phi) is 4.20. The molecular weight excluding hydrogens is 202 g/mol. The molecule has 0 radical (unpaired) electrons. The summed E-state index contributed by atoms with van der Waals surface area (Å²) >= 11 is 5.97. The van der Waals surface area contributed by atoms with Crippen molar-refractivity contribution < 1.29 is 9.47 Å². The monoisotopic (exact) mass is 215 g/mol. The Labute approximate surface area is 88.8 Å². The lowest BCUT2D eigenvalue weighted by Crippen LogP contribution is -2.05. The molecule has 1 atom stereocenters. The van der Waals surface area contributed by atoms with E-state index in [4.69, 9.17) is 26.8 Å². The molecular formula is C10H14ClNO2. The third-order valence-corrected chi connectivity index (χ3v) is 2.11. The molecule has 0 aliphatic heterocycles. The molecule has 3 nitrogen and oxygen atoms in total. The first-order valence-electron chi connectivity index (χ1n) is 4.32. The molecule has 1 aromatic rings. The molecule has 1 aromatic carbocycles. The van der Waals surface area contributed by atoms with E-state index in [1.165, 1.54) is 0 Å². The van der Waals surface area contributed by atoms with Crippen LogP contribution in [0, 0.1) is 0 Å². The fourth-order valence-electron chi connectivity index (χ4n) is 1.04. The maximum absolute atomic E-state index is 5.97. The number of nitrogens with two attached hydrogens (primary N) is 1. The number of benzene rings is 1. The maximum Gasteiger partial charge on any atom is 0.188 e. The minimum Gasteiger partial charge on any atom is -0.466 e. The van der Waals surface area contributed by atoms with Crippen molar-refractivity contribution in [2.24, 2.45) is 5.73 Å². The standard InChI is InChI=1S/C10H14ClNO2/c1-7(12)8-3-4-10(9(11)5-8)14-6-13-2/h3-5,7H,6,12H2,1-2H3. The topological polar surface area (TPSA) is 44.5 Å². The highest BCUT2D eigenvalue weighted by atomic mass is 35.5. The summed E-state index contributed by atoms with van der Waals surface area (Å²) < 4.78 is 10.00. The van der Waals surface area contributed by atoms with E-state index in [-0.39, 0.29) is 12.8 Å². The van der Waals surface area contributed by atoms with Gasteiger partial charge in [0.2, 0.25) is 0 Å². The van der Waals surface area contributed by atoms with Gasteiger partial charge in [0.05, 0.1) is 5.02 Å². The molecule has 1 unspecified atom stereocenters. The van der Waals surface area contributed by atoms with Crippen molar-refractivity contribution in [1.29, 1.82) is 0 Å². The van der Waals surface area contributed by atoms with Crippen LogP contribution < -0.4 is 10.5 Å². The maximum atomic E-state index is 5.97. The molecule has 0 bridgehead atoms. The Balaban J connectivity index is 2.79. The van der Waals surface area contributed by atoms with Gasteiger partial charge in [0.15, 0.2) is 6.79 Å². The first-order valence-corrected chi connectivity index (χ1v) is 4.69. The van der Waals surface area contributed by atoms with Gasteiger partial charge in [0, 0.05) is 13.2 Å².